The van der Waals surface area contributed by atoms with E-state index in [-0.39, 0.29) is 6.61 Å². The van der Waals surface area contributed by atoms with Crippen molar-refractivity contribution in [2.24, 2.45) is 0 Å². The van der Waals surface area contributed by atoms with Crippen LogP contribution in [0.2, 0.25) is 0 Å². The summed E-state index contributed by atoms with van der Waals surface area (Å²) in [6.45, 7) is 3.71. The minimum Gasteiger partial charge on any atom is -0.395 e. The molecule has 0 bridgehead atoms. The Morgan fingerprint density at radius 1 is 1.22 bits per heavy atom. The van der Waals surface area contributed by atoms with Crippen LogP contribution in [0.4, 0.5) is 0 Å². The summed E-state index contributed by atoms with van der Waals surface area (Å²) in [5.41, 5.74) is 1.95. The Morgan fingerprint density at radius 2 is 2.00 bits per heavy atom. The molecule has 100 valence electrons. The van der Waals surface area contributed by atoms with E-state index in [2.05, 4.69) is 14.9 Å². The molecule has 1 heterocycles. The van der Waals surface area contributed by atoms with Crippen LogP contribution in [0.5, 0.6) is 0 Å². The van der Waals surface area contributed by atoms with E-state index in [9.17, 15) is 5.11 Å². The van der Waals surface area contributed by atoms with Gasteiger partial charge in [-0.25, -0.2) is 0 Å². The van der Waals surface area contributed by atoms with E-state index in [4.69, 9.17) is 0 Å². The van der Waals surface area contributed by atoms with Gasteiger partial charge in [0.25, 0.3) is 0 Å². The molecule has 1 fully saturated rings. The van der Waals surface area contributed by atoms with Gasteiger partial charge in [0.15, 0.2) is 0 Å². The Hall–Kier alpha value is -1.00. The third-order valence-electron chi connectivity index (χ3n) is 3.68. The van der Waals surface area contributed by atoms with Crippen LogP contribution < -0.4 is 0 Å². The van der Waals surface area contributed by atoms with Gasteiger partial charge in [0.05, 0.1) is 18.0 Å². The van der Waals surface area contributed by atoms with Crippen LogP contribution in [0.3, 0.4) is 0 Å². The average molecular weight is 249 g/mol. The molecule has 0 saturated heterocycles. The Kier molecular flexibility index (Phi) is 5.08. The molecule has 0 atom stereocenters. The van der Waals surface area contributed by atoms with Crippen molar-refractivity contribution < 1.29 is 5.11 Å². The molecule has 4 heteroatoms. The normalized spacial score (nSPS) is 17.3. The molecule has 1 aromatic heterocycles. The van der Waals surface area contributed by atoms with Gasteiger partial charge in [-0.05, 0) is 19.8 Å². The topological polar surface area (TPSA) is 49.2 Å². The summed E-state index contributed by atoms with van der Waals surface area (Å²) in [4.78, 5) is 11.1. The molecule has 0 unspecified atom stereocenters. The second-order valence-electron chi connectivity index (χ2n) is 5.14. The third kappa shape index (κ3) is 3.75. The third-order valence-corrected chi connectivity index (χ3v) is 3.68. The quantitative estimate of drug-likeness (QED) is 0.866. The molecular formula is C14H23N3O. The van der Waals surface area contributed by atoms with E-state index in [1.54, 1.807) is 0 Å². The highest BCUT2D eigenvalue weighted by Crippen LogP contribution is 2.23. The van der Waals surface area contributed by atoms with Crippen molar-refractivity contribution in [2.45, 2.75) is 51.6 Å². The highest BCUT2D eigenvalue weighted by molar-refractivity contribution is 5.01. The van der Waals surface area contributed by atoms with E-state index in [0.29, 0.717) is 6.04 Å². The summed E-state index contributed by atoms with van der Waals surface area (Å²) in [5, 5.41) is 9.21. The molecule has 1 aliphatic carbocycles. The van der Waals surface area contributed by atoms with Crippen molar-refractivity contribution in [3.05, 3.63) is 23.8 Å². The maximum absolute atomic E-state index is 9.21. The molecule has 1 N–H and O–H groups in total. The first kappa shape index (κ1) is 13.4. The fourth-order valence-corrected chi connectivity index (χ4v) is 2.67. The zero-order valence-corrected chi connectivity index (χ0v) is 11.2. The van der Waals surface area contributed by atoms with Crippen LogP contribution in [0.25, 0.3) is 0 Å². The Morgan fingerprint density at radius 3 is 2.61 bits per heavy atom. The van der Waals surface area contributed by atoms with Crippen molar-refractivity contribution in [2.75, 3.05) is 13.2 Å². The molecule has 0 aromatic carbocycles. The molecule has 0 aliphatic heterocycles. The van der Waals surface area contributed by atoms with Crippen LogP contribution in [-0.2, 0) is 6.54 Å². The molecule has 1 saturated carbocycles. The van der Waals surface area contributed by atoms with Gasteiger partial charge in [-0.15, -0.1) is 0 Å². The lowest BCUT2D eigenvalue weighted by Gasteiger charge is -2.33. The molecule has 0 spiro atoms. The van der Waals surface area contributed by atoms with Gasteiger partial charge < -0.3 is 5.11 Å². The number of aromatic nitrogens is 2. The highest BCUT2D eigenvalue weighted by Gasteiger charge is 2.21. The first-order chi connectivity index (χ1) is 8.79. The summed E-state index contributed by atoms with van der Waals surface area (Å²) < 4.78 is 0. The van der Waals surface area contributed by atoms with E-state index in [1.807, 2.05) is 19.3 Å². The van der Waals surface area contributed by atoms with Gasteiger partial charge in [-0.1, -0.05) is 19.3 Å². The predicted molar refractivity (Wildman–Crippen MR) is 71.1 cm³/mol. The van der Waals surface area contributed by atoms with Crippen molar-refractivity contribution in [1.29, 1.82) is 0 Å². The predicted octanol–water partition coefficient (Wildman–Crippen LogP) is 1.91. The van der Waals surface area contributed by atoms with Crippen molar-refractivity contribution in [3.8, 4) is 0 Å². The van der Waals surface area contributed by atoms with Gasteiger partial charge >= 0.3 is 0 Å². The maximum atomic E-state index is 9.21. The Labute approximate surface area is 109 Å². The van der Waals surface area contributed by atoms with Gasteiger partial charge in [0.1, 0.15) is 0 Å². The number of rotatable bonds is 5. The minimum atomic E-state index is 0.218. The van der Waals surface area contributed by atoms with Gasteiger partial charge in [-0.2, -0.15) is 0 Å². The number of aryl methyl sites for hydroxylation is 1. The van der Waals surface area contributed by atoms with Gasteiger partial charge in [0, 0.05) is 31.5 Å². The van der Waals surface area contributed by atoms with E-state index in [0.717, 1.165) is 24.5 Å². The van der Waals surface area contributed by atoms with Crippen LogP contribution in [0.1, 0.15) is 43.5 Å². The molecule has 4 nitrogen and oxygen atoms in total. The fourth-order valence-electron chi connectivity index (χ4n) is 2.67. The maximum Gasteiger partial charge on any atom is 0.0727 e. The van der Waals surface area contributed by atoms with Crippen LogP contribution in [0.15, 0.2) is 12.4 Å². The summed E-state index contributed by atoms with van der Waals surface area (Å²) >= 11 is 0. The first-order valence-electron chi connectivity index (χ1n) is 6.92. The molecule has 0 amide bonds. The number of aliphatic hydroxyl groups excluding tert-OH is 1. The lowest BCUT2D eigenvalue weighted by atomic mass is 9.94. The number of aliphatic hydroxyl groups is 1. The second-order valence-corrected chi connectivity index (χ2v) is 5.14. The summed E-state index contributed by atoms with van der Waals surface area (Å²) in [6, 6.07) is 0.606. The zero-order chi connectivity index (χ0) is 12.8. The summed E-state index contributed by atoms with van der Waals surface area (Å²) in [7, 11) is 0. The van der Waals surface area contributed by atoms with Crippen LogP contribution >= 0.6 is 0 Å². The summed E-state index contributed by atoms with van der Waals surface area (Å²) in [5.74, 6) is 0. The van der Waals surface area contributed by atoms with Gasteiger partial charge in [0.2, 0.25) is 0 Å². The monoisotopic (exact) mass is 249 g/mol. The summed E-state index contributed by atoms with van der Waals surface area (Å²) in [6.07, 6.45) is 10.1. The number of hydrogen-bond donors (Lipinski definition) is 1. The second kappa shape index (κ2) is 6.81. The number of hydrogen-bond acceptors (Lipinski definition) is 4. The van der Waals surface area contributed by atoms with Crippen molar-refractivity contribution >= 4 is 0 Å². The average Bonchev–Trinajstić information content (AvgIpc) is 2.42. The SMILES string of the molecule is Cc1cnc(CN(CCO)C2CCCCC2)cn1. The lowest BCUT2D eigenvalue weighted by Crippen LogP contribution is -2.38. The van der Waals surface area contributed by atoms with Crippen molar-refractivity contribution in [1.82, 2.24) is 14.9 Å². The van der Waals surface area contributed by atoms with Gasteiger partial charge in [-0.3, -0.25) is 14.9 Å². The van der Waals surface area contributed by atoms with Crippen molar-refractivity contribution in [3.63, 3.8) is 0 Å². The molecule has 1 aromatic rings. The molecule has 18 heavy (non-hydrogen) atoms. The smallest absolute Gasteiger partial charge is 0.0727 e. The molecular weight excluding hydrogens is 226 g/mol. The molecule has 0 radical (unpaired) electrons. The van der Waals surface area contributed by atoms with Crippen LogP contribution in [-0.4, -0.2) is 39.2 Å². The standard InChI is InChI=1S/C14H23N3O/c1-12-9-16-13(10-15-12)11-17(7-8-18)14-5-3-2-4-6-14/h9-10,14,18H,2-8,11H2,1H3. The lowest BCUT2D eigenvalue weighted by molar-refractivity contribution is 0.116. The largest absolute Gasteiger partial charge is 0.395 e. The highest BCUT2D eigenvalue weighted by atomic mass is 16.3. The number of nitrogens with zero attached hydrogens (tertiary/aromatic N) is 3. The van der Waals surface area contributed by atoms with E-state index < -0.39 is 0 Å². The van der Waals surface area contributed by atoms with E-state index in [1.165, 1.54) is 32.1 Å². The fraction of sp³-hybridized carbons (Fsp3) is 0.714. The Bertz CT molecular complexity index is 347. The van der Waals surface area contributed by atoms with E-state index >= 15 is 0 Å². The molecule has 1 aliphatic rings. The zero-order valence-electron chi connectivity index (χ0n) is 11.2. The Balaban J connectivity index is 1.98. The molecule has 2 rings (SSSR count). The van der Waals surface area contributed by atoms with Crippen LogP contribution in [0, 0.1) is 6.92 Å². The minimum absolute atomic E-state index is 0.218. The first-order valence-corrected chi connectivity index (χ1v) is 6.92.